The zero-order valence-corrected chi connectivity index (χ0v) is 35.8. The van der Waals surface area contributed by atoms with Gasteiger partial charge < -0.3 is 60.2 Å². The van der Waals surface area contributed by atoms with Gasteiger partial charge in [0, 0.05) is 22.8 Å². The monoisotopic (exact) mass is 906 g/mol. The van der Waals surface area contributed by atoms with E-state index < -0.39 is 36.1 Å². The van der Waals surface area contributed by atoms with Crippen LogP contribution in [0.2, 0.25) is 0 Å². The first-order valence-electron chi connectivity index (χ1n) is 21.8. The molecule has 0 fully saturated rings. The quantitative estimate of drug-likeness (QED) is 0.0652. The maximum Gasteiger partial charge on any atom is 0.135 e. The van der Waals surface area contributed by atoms with Gasteiger partial charge in [-0.05, 0) is 142 Å². The van der Waals surface area contributed by atoms with E-state index in [-0.39, 0.29) is 51.7 Å². The Morgan fingerprint density at radius 1 is 0.279 bits per heavy atom. The van der Waals surface area contributed by atoms with Gasteiger partial charge in [0.1, 0.15) is 87.3 Å². The molecule has 3 heterocycles. The molecule has 0 saturated carbocycles. The van der Waals surface area contributed by atoms with Crippen molar-refractivity contribution in [1.29, 1.82) is 0 Å². The summed E-state index contributed by atoms with van der Waals surface area (Å²) in [5.41, 5.74) is 6.34. The highest BCUT2D eigenvalue weighted by Gasteiger charge is 2.46. The fourth-order valence-electron chi connectivity index (χ4n) is 10.0. The lowest BCUT2D eigenvalue weighted by Gasteiger charge is -2.22. The van der Waals surface area contributed by atoms with E-state index in [0.717, 1.165) is 5.56 Å². The predicted octanol–water partition coefficient (Wildman–Crippen LogP) is 11.0. The molecule has 0 aromatic heterocycles. The van der Waals surface area contributed by atoms with Crippen LogP contribution in [0.25, 0.3) is 12.2 Å². The number of fused-ring (bicyclic) bond motifs is 3. The summed E-state index contributed by atoms with van der Waals surface area (Å²) in [5.74, 6) is -1.48. The maximum atomic E-state index is 12.3. The highest BCUT2D eigenvalue weighted by molar-refractivity contribution is 5.73. The highest BCUT2D eigenvalue weighted by Crippen LogP contribution is 2.61. The molecule has 338 valence electrons. The summed E-state index contributed by atoms with van der Waals surface area (Å²) in [7, 11) is 0. The first kappa shape index (κ1) is 41.8. The number of phenols is 9. The molecule has 9 N–H and O–H groups in total. The molecule has 8 aromatic rings. The Hall–Kier alpha value is -8.90. The summed E-state index contributed by atoms with van der Waals surface area (Å²) in [5, 5.41) is 97.7. The number of ether oxygens (including phenoxy) is 3. The van der Waals surface area contributed by atoms with Gasteiger partial charge >= 0.3 is 0 Å². The minimum absolute atomic E-state index is 0.0396. The Kier molecular flexibility index (Phi) is 9.96. The van der Waals surface area contributed by atoms with Crippen LogP contribution in [0.1, 0.15) is 97.3 Å². The van der Waals surface area contributed by atoms with Gasteiger partial charge in [0.25, 0.3) is 0 Å². The molecular weight excluding hydrogens is 865 g/mol. The minimum atomic E-state index is -0.798. The molecule has 0 amide bonds. The zero-order valence-electron chi connectivity index (χ0n) is 35.8. The Labute approximate surface area is 389 Å². The van der Waals surface area contributed by atoms with Crippen LogP contribution in [-0.2, 0) is 0 Å². The van der Waals surface area contributed by atoms with Crippen molar-refractivity contribution in [3.63, 3.8) is 0 Å². The fraction of sp³-hybridized carbons (Fsp3) is 0.107. The largest absolute Gasteiger partial charge is 0.508 e. The van der Waals surface area contributed by atoms with Gasteiger partial charge in [0.15, 0.2) is 0 Å². The average Bonchev–Trinajstić information content (AvgIpc) is 4.02. The van der Waals surface area contributed by atoms with E-state index in [2.05, 4.69) is 0 Å². The molecule has 8 aromatic carbocycles. The molecule has 0 radical (unpaired) electrons. The molecule has 12 heteroatoms. The third kappa shape index (κ3) is 7.37. The molecule has 12 nitrogen and oxygen atoms in total. The Balaban J connectivity index is 1.03. The summed E-state index contributed by atoms with van der Waals surface area (Å²) in [4.78, 5) is 0. The molecule has 0 bridgehead atoms. The molecule has 68 heavy (non-hydrogen) atoms. The van der Waals surface area contributed by atoms with Crippen molar-refractivity contribution in [2.45, 2.75) is 36.1 Å². The van der Waals surface area contributed by atoms with E-state index in [4.69, 9.17) is 14.2 Å². The van der Waals surface area contributed by atoms with E-state index in [9.17, 15) is 46.0 Å². The molecule has 3 aliphatic heterocycles. The van der Waals surface area contributed by atoms with E-state index >= 15 is 0 Å². The number of hydrogen-bond donors (Lipinski definition) is 9. The molecule has 0 aliphatic carbocycles. The SMILES string of the molecule is Oc1ccc(/C=C/c2cc(O)c3c(c2)OC(c2ccc(O)cc2)C3c2cc(O)c3c(c2)OC(c2ccc(O)cc2)C3c2cc(O)c3c(c2)OC(c2ccc(O)cc2)C3c2cc(O)cc(O)c2)cc1. The van der Waals surface area contributed by atoms with Gasteiger partial charge in [0.2, 0.25) is 0 Å². The van der Waals surface area contributed by atoms with E-state index in [1.54, 1.807) is 97.1 Å². The van der Waals surface area contributed by atoms with E-state index in [0.29, 0.717) is 72.9 Å². The second-order valence-electron chi connectivity index (χ2n) is 17.4. The van der Waals surface area contributed by atoms with Crippen LogP contribution in [0.3, 0.4) is 0 Å². The van der Waals surface area contributed by atoms with Crippen molar-refractivity contribution >= 4 is 12.2 Å². The van der Waals surface area contributed by atoms with Crippen molar-refractivity contribution in [3.8, 4) is 69.0 Å². The summed E-state index contributed by atoms with van der Waals surface area (Å²) in [6.07, 6.45) is 1.40. The minimum Gasteiger partial charge on any atom is -0.508 e. The normalized spacial score (nSPS) is 20.0. The first-order chi connectivity index (χ1) is 32.8. The van der Waals surface area contributed by atoms with Crippen LogP contribution in [0.15, 0.2) is 152 Å². The number of rotatable bonds is 8. The predicted molar refractivity (Wildman–Crippen MR) is 251 cm³/mol. The molecule has 3 aliphatic rings. The number of hydrogen-bond acceptors (Lipinski definition) is 12. The van der Waals surface area contributed by atoms with Crippen LogP contribution < -0.4 is 14.2 Å². The Bertz CT molecular complexity index is 3250. The first-order valence-corrected chi connectivity index (χ1v) is 21.8. The average molecular weight is 907 g/mol. The van der Waals surface area contributed by atoms with Crippen LogP contribution in [0.5, 0.6) is 69.0 Å². The van der Waals surface area contributed by atoms with Gasteiger partial charge in [-0.2, -0.15) is 0 Å². The van der Waals surface area contributed by atoms with E-state index in [1.165, 1.54) is 42.5 Å². The second kappa shape index (κ2) is 16.2. The lowest BCUT2D eigenvalue weighted by atomic mass is 9.80. The maximum absolute atomic E-state index is 12.3. The van der Waals surface area contributed by atoms with Crippen molar-refractivity contribution in [2.24, 2.45) is 0 Å². The summed E-state index contributed by atoms with van der Waals surface area (Å²) >= 11 is 0. The van der Waals surface area contributed by atoms with Crippen molar-refractivity contribution in [2.75, 3.05) is 0 Å². The van der Waals surface area contributed by atoms with Gasteiger partial charge in [0.05, 0.1) is 17.8 Å². The van der Waals surface area contributed by atoms with E-state index in [1.807, 2.05) is 24.3 Å². The molecule has 6 unspecified atom stereocenters. The van der Waals surface area contributed by atoms with Crippen LogP contribution in [0, 0.1) is 0 Å². The lowest BCUT2D eigenvalue weighted by molar-refractivity contribution is 0.216. The number of benzene rings is 8. The van der Waals surface area contributed by atoms with Crippen molar-refractivity contribution in [3.05, 3.63) is 213 Å². The summed E-state index contributed by atoms with van der Waals surface area (Å²) < 4.78 is 20.2. The topological polar surface area (TPSA) is 210 Å². The summed E-state index contributed by atoms with van der Waals surface area (Å²) in [6, 6.07) is 40.7. The molecule has 0 spiro atoms. The lowest BCUT2D eigenvalue weighted by Crippen LogP contribution is -2.12. The van der Waals surface area contributed by atoms with Crippen LogP contribution in [-0.4, -0.2) is 46.0 Å². The number of aromatic hydroxyl groups is 9. The van der Waals surface area contributed by atoms with Crippen LogP contribution >= 0.6 is 0 Å². The second-order valence-corrected chi connectivity index (χ2v) is 17.4. The Morgan fingerprint density at radius 3 is 1.00 bits per heavy atom. The highest BCUT2D eigenvalue weighted by atomic mass is 16.5. The van der Waals surface area contributed by atoms with Gasteiger partial charge in [-0.3, -0.25) is 0 Å². The molecule has 6 atom stereocenters. The van der Waals surface area contributed by atoms with Gasteiger partial charge in [-0.25, -0.2) is 0 Å². The summed E-state index contributed by atoms with van der Waals surface area (Å²) in [6.45, 7) is 0. The standard InChI is InChI=1S/C56H42O12/c57-36-11-3-28(4-12-36)1-2-29-19-42(63)51-45(20-29)66-55(31-7-15-38(59)16-8-31)49(51)34-23-44(65)53-47(25-34)68-56(32-9-17-39(60)18-10-32)50(53)35-24-43(64)52-46(26-35)67-54(30-5-13-37(58)14-6-30)48(52)33-21-40(61)27-41(62)22-33/h1-27,48-50,54-65H/b2-1+. The van der Waals surface area contributed by atoms with Gasteiger partial charge in [-0.1, -0.05) is 60.7 Å². The molecule has 11 rings (SSSR count). The van der Waals surface area contributed by atoms with Crippen molar-refractivity contribution < 1.29 is 60.2 Å². The third-order valence-electron chi connectivity index (χ3n) is 13.1. The van der Waals surface area contributed by atoms with Crippen LogP contribution in [0.4, 0.5) is 0 Å². The molecular formula is C56H42O12. The molecule has 0 saturated heterocycles. The Morgan fingerprint density at radius 2 is 0.603 bits per heavy atom. The zero-order chi connectivity index (χ0) is 47.0. The van der Waals surface area contributed by atoms with Crippen molar-refractivity contribution in [1.82, 2.24) is 0 Å². The third-order valence-corrected chi connectivity index (χ3v) is 13.1. The van der Waals surface area contributed by atoms with Gasteiger partial charge in [-0.15, -0.1) is 0 Å². The fourth-order valence-corrected chi connectivity index (χ4v) is 10.0. The number of phenolic OH excluding ortho intramolecular Hbond substituents is 9. The smallest absolute Gasteiger partial charge is 0.135 e.